The van der Waals surface area contributed by atoms with Gasteiger partial charge in [0.25, 0.3) is 5.91 Å². The molecule has 9 nitrogen and oxygen atoms in total. The molecule has 0 aliphatic heterocycles. The third kappa shape index (κ3) is 9.13. The molecule has 1 aromatic carbocycles. The zero-order chi connectivity index (χ0) is 20.8. The highest BCUT2D eigenvalue weighted by Crippen LogP contribution is 2.05. The van der Waals surface area contributed by atoms with Crippen LogP contribution in [0.4, 0.5) is 0 Å². The number of unbranched alkanes of at least 4 members (excludes halogenated alkanes) is 1. The van der Waals surface area contributed by atoms with E-state index < -0.39 is 18.0 Å². The lowest BCUT2D eigenvalue weighted by atomic mass is 10.1. The Hall–Kier alpha value is -2.94. The van der Waals surface area contributed by atoms with Gasteiger partial charge in [-0.1, -0.05) is 18.2 Å². The number of carbonyl (C=O) groups excluding carboxylic acids is 3. The van der Waals surface area contributed by atoms with Crippen LogP contribution < -0.4 is 27.8 Å². The maximum Gasteiger partial charge on any atom is 0.251 e. The third-order valence-electron chi connectivity index (χ3n) is 4.06. The third-order valence-corrected chi connectivity index (χ3v) is 4.06. The summed E-state index contributed by atoms with van der Waals surface area (Å²) < 4.78 is 0. The predicted octanol–water partition coefficient (Wildman–Crippen LogP) is -0.349. The fourth-order valence-electron chi connectivity index (χ4n) is 2.57. The quantitative estimate of drug-likeness (QED) is 0.134. The Morgan fingerprint density at radius 2 is 1.75 bits per heavy atom. The van der Waals surface area contributed by atoms with Crippen molar-refractivity contribution in [3.8, 4) is 0 Å². The van der Waals surface area contributed by atoms with Crippen molar-refractivity contribution in [2.75, 3.05) is 13.1 Å². The van der Waals surface area contributed by atoms with Crippen molar-refractivity contribution < 1.29 is 14.4 Å². The molecule has 1 aromatic rings. The number of carbonyl (C=O) groups is 3. The monoisotopic (exact) mass is 390 g/mol. The van der Waals surface area contributed by atoms with Gasteiger partial charge in [0, 0.05) is 12.1 Å². The van der Waals surface area contributed by atoms with E-state index in [2.05, 4.69) is 15.6 Å². The van der Waals surface area contributed by atoms with E-state index in [-0.39, 0.29) is 11.9 Å². The first-order valence-corrected chi connectivity index (χ1v) is 9.35. The molecule has 0 fully saturated rings. The highest BCUT2D eigenvalue weighted by Gasteiger charge is 2.23. The molecule has 0 saturated heterocycles. The molecule has 0 spiro atoms. The van der Waals surface area contributed by atoms with Crippen molar-refractivity contribution in [3.05, 3.63) is 35.9 Å². The van der Waals surface area contributed by atoms with E-state index in [1.165, 1.54) is 0 Å². The van der Waals surface area contributed by atoms with E-state index >= 15 is 0 Å². The van der Waals surface area contributed by atoms with Gasteiger partial charge >= 0.3 is 0 Å². The fraction of sp³-hybridized carbons (Fsp3) is 0.474. The Balaban J connectivity index is 2.74. The van der Waals surface area contributed by atoms with E-state index in [9.17, 15) is 14.4 Å². The number of nitrogens with two attached hydrogens (primary N) is 3. The summed E-state index contributed by atoms with van der Waals surface area (Å²) in [6.45, 7) is 0.862. The summed E-state index contributed by atoms with van der Waals surface area (Å²) in [4.78, 5) is 40.2. The van der Waals surface area contributed by atoms with Gasteiger partial charge in [-0.25, -0.2) is 0 Å². The van der Waals surface area contributed by atoms with Crippen LogP contribution >= 0.6 is 0 Å². The van der Waals surface area contributed by atoms with Gasteiger partial charge in [0.2, 0.25) is 5.91 Å². The van der Waals surface area contributed by atoms with Gasteiger partial charge in [0.1, 0.15) is 12.3 Å². The minimum Gasteiger partial charge on any atom is -0.370 e. The number of amides is 2. The molecule has 9 heteroatoms. The van der Waals surface area contributed by atoms with Crippen molar-refractivity contribution in [1.82, 2.24) is 10.6 Å². The van der Waals surface area contributed by atoms with Crippen LogP contribution in [0.15, 0.2) is 35.3 Å². The van der Waals surface area contributed by atoms with Crippen LogP contribution in [0.25, 0.3) is 0 Å². The SMILES string of the molecule is NCCCC[C@@H](C=O)NC(=O)[C@H](CCCN=C(N)N)NC(=O)c1ccccc1. The number of rotatable bonds is 13. The number of hydrogen-bond acceptors (Lipinski definition) is 5. The number of nitrogens with zero attached hydrogens (tertiary/aromatic N) is 1. The maximum atomic E-state index is 12.6. The lowest BCUT2D eigenvalue weighted by Gasteiger charge is -2.21. The molecule has 0 aliphatic rings. The summed E-state index contributed by atoms with van der Waals surface area (Å²) in [5.41, 5.74) is 16.5. The Morgan fingerprint density at radius 1 is 1.04 bits per heavy atom. The maximum absolute atomic E-state index is 12.6. The molecule has 154 valence electrons. The zero-order valence-corrected chi connectivity index (χ0v) is 16.0. The molecule has 0 radical (unpaired) electrons. The van der Waals surface area contributed by atoms with Gasteiger partial charge in [-0.2, -0.15) is 0 Å². The molecule has 0 saturated carbocycles. The average molecular weight is 390 g/mol. The minimum absolute atomic E-state index is 0.0322. The molecule has 2 amide bonds. The second kappa shape index (κ2) is 13.3. The van der Waals surface area contributed by atoms with Gasteiger partial charge in [0.15, 0.2) is 5.96 Å². The summed E-state index contributed by atoms with van der Waals surface area (Å²) in [6, 6.07) is 7.17. The summed E-state index contributed by atoms with van der Waals surface area (Å²) in [5, 5.41) is 5.40. The summed E-state index contributed by atoms with van der Waals surface area (Å²) >= 11 is 0. The highest BCUT2D eigenvalue weighted by molar-refractivity contribution is 5.97. The standard InChI is InChI=1S/C19H30N6O3/c20-11-5-4-9-15(13-26)24-18(28)16(10-6-12-23-19(21)22)25-17(27)14-7-2-1-3-8-14/h1-3,7-8,13,15-16H,4-6,9-12,20H2,(H,24,28)(H,25,27)(H4,21,22,23)/t15-,16-/m0/s1. The Labute approximate surface area is 165 Å². The number of aldehydes is 1. The minimum atomic E-state index is -0.807. The van der Waals surface area contributed by atoms with Gasteiger partial charge in [-0.3, -0.25) is 14.6 Å². The zero-order valence-electron chi connectivity index (χ0n) is 16.0. The smallest absolute Gasteiger partial charge is 0.251 e. The van der Waals surface area contributed by atoms with E-state index in [1.54, 1.807) is 30.3 Å². The van der Waals surface area contributed by atoms with Crippen LogP contribution in [0.1, 0.15) is 42.5 Å². The molecular weight excluding hydrogens is 360 g/mol. The van der Waals surface area contributed by atoms with Crippen LogP contribution in [0.5, 0.6) is 0 Å². The molecule has 0 bridgehead atoms. The van der Waals surface area contributed by atoms with Gasteiger partial charge in [-0.05, 0) is 50.8 Å². The highest BCUT2D eigenvalue weighted by atomic mass is 16.2. The van der Waals surface area contributed by atoms with Crippen molar-refractivity contribution in [3.63, 3.8) is 0 Å². The number of nitrogens with one attached hydrogen (secondary N) is 2. The average Bonchev–Trinajstić information content (AvgIpc) is 2.69. The van der Waals surface area contributed by atoms with Crippen LogP contribution in [0.3, 0.4) is 0 Å². The molecule has 0 aromatic heterocycles. The summed E-state index contributed by atoms with van der Waals surface area (Å²) in [7, 11) is 0. The normalized spacial score (nSPS) is 12.5. The molecule has 2 atom stereocenters. The van der Waals surface area contributed by atoms with Gasteiger partial charge in [0.05, 0.1) is 6.04 Å². The van der Waals surface area contributed by atoms with Crippen molar-refractivity contribution >= 4 is 24.1 Å². The summed E-state index contributed by atoms with van der Waals surface area (Å²) in [6.07, 6.45) is 3.52. The second-order valence-electron chi connectivity index (χ2n) is 6.38. The molecular formula is C19H30N6O3. The van der Waals surface area contributed by atoms with Crippen molar-refractivity contribution in [2.24, 2.45) is 22.2 Å². The van der Waals surface area contributed by atoms with Gasteiger partial charge in [-0.15, -0.1) is 0 Å². The Morgan fingerprint density at radius 3 is 2.36 bits per heavy atom. The Kier molecular flexibility index (Phi) is 10.9. The van der Waals surface area contributed by atoms with Crippen molar-refractivity contribution in [2.45, 2.75) is 44.2 Å². The predicted molar refractivity (Wildman–Crippen MR) is 109 cm³/mol. The largest absolute Gasteiger partial charge is 0.370 e. The van der Waals surface area contributed by atoms with Crippen LogP contribution in [-0.4, -0.2) is 49.2 Å². The molecule has 0 heterocycles. The van der Waals surface area contributed by atoms with Crippen LogP contribution in [-0.2, 0) is 9.59 Å². The fourth-order valence-corrected chi connectivity index (χ4v) is 2.57. The molecule has 0 aliphatic carbocycles. The molecule has 1 rings (SSSR count). The van der Waals surface area contributed by atoms with E-state index in [1.807, 2.05) is 0 Å². The molecule has 0 unspecified atom stereocenters. The van der Waals surface area contributed by atoms with E-state index in [0.29, 0.717) is 44.2 Å². The number of aliphatic imine (C=N–C) groups is 1. The lowest BCUT2D eigenvalue weighted by Crippen LogP contribution is -2.50. The number of hydrogen-bond donors (Lipinski definition) is 5. The van der Waals surface area contributed by atoms with Crippen LogP contribution in [0.2, 0.25) is 0 Å². The van der Waals surface area contributed by atoms with E-state index in [4.69, 9.17) is 17.2 Å². The number of guanidine groups is 1. The first-order valence-electron chi connectivity index (χ1n) is 9.35. The van der Waals surface area contributed by atoms with Gasteiger partial charge < -0.3 is 32.6 Å². The van der Waals surface area contributed by atoms with E-state index in [0.717, 1.165) is 12.8 Å². The second-order valence-corrected chi connectivity index (χ2v) is 6.38. The topological polar surface area (TPSA) is 166 Å². The van der Waals surface area contributed by atoms with Crippen LogP contribution in [0, 0.1) is 0 Å². The molecule has 8 N–H and O–H groups in total. The summed E-state index contributed by atoms with van der Waals surface area (Å²) in [5.74, 6) is -0.817. The first-order chi connectivity index (χ1) is 13.5. The Bertz CT molecular complexity index is 646. The first kappa shape index (κ1) is 23.1. The molecule has 28 heavy (non-hydrogen) atoms. The number of benzene rings is 1. The lowest BCUT2D eigenvalue weighted by molar-refractivity contribution is -0.125. The van der Waals surface area contributed by atoms with Crippen molar-refractivity contribution in [1.29, 1.82) is 0 Å².